The monoisotopic (exact) mass is 271 g/mol. The van der Waals surface area contributed by atoms with Crippen LogP contribution in [0.1, 0.15) is 25.1 Å². The lowest BCUT2D eigenvalue weighted by Crippen LogP contribution is -2.28. The Morgan fingerprint density at radius 2 is 1.94 bits per heavy atom. The Kier molecular flexibility index (Phi) is 8.25. The molecule has 1 heterocycles. The molecule has 1 rings (SSSR count). The first-order chi connectivity index (χ1) is 8.76. The maximum absolute atomic E-state index is 5.54. The third-order valence-electron chi connectivity index (χ3n) is 2.77. The molecule has 1 aromatic rings. The number of thiophene rings is 1. The fourth-order valence-corrected chi connectivity index (χ4v) is 2.48. The van der Waals surface area contributed by atoms with Crippen LogP contribution in [0, 0.1) is 0 Å². The van der Waals surface area contributed by atoms with E-state index in [9.17, 15) is 0 Å². The van der Waals surface area contributed by atoms with Crippen molar-refractivity contribution in [2.45, 2.75) is 33.0 Å². The van der Waals surface area contributed by atoms with Gasteiger partial charge >= 0.3 is 0 Å². The van der Waals surface area contributed by atoms with E-state index in [1.807, 2.05) is 25.2 Å². The molecule has 0 atom stereocenters. The molecular weight excluding hydrogens is 246 g/mol. The maximum atomic E-state index is 5.54. The van der Waals surface area contributed by atoms with Gasteiger partial charge in [0.2, 0.25) is 0 Å². The van der Waals surface area contributed by atoms with E-state index in [0.29, 0.717) is 13.2 Å². The van der Waals surface area contributed by atoms with E-state index in [-0.39, 0.29) is 6.29 Å². The molecule has 0 radical (unpaired) electrons. The van der Waals surface area contributed by atoms with Gasteiger partial charge in [-0.05, 0) is 38.8 Å². The van der Waals surface area contributed by atoms with Crippen LogP contribution < -0.4 is 0 Å². The van der Waals surface area contributed by atoms with Crippen molar-refractivity contribution < 1.29 is 9.47 Å². The fraction of sp³-hybridized carbons (Fsp3) is 0.714. The normalized spacial score (nSPS) is 11.6. The quantitative estimate of drug-likeness (QED) is 0.611. The predicted molar refractivity (Wildman–Crippen MR) is 77.2 cm³/mol. The van der Waals surface area contributed by atoms with Crippen molar-refractivity contribution in [3.63, 3.8) is 0 Å². The molecule has 0 amide bonds. The predicted octanol–water partition coefficient (Wildman–Crippen LogP) is 3.01. The van der Waals surface area contributed by atoms with Crippen molar-refractivity contribution in [1.82, 2.24) is 4.90 Å². The van der Waals surface area contributed by atoms with Gasteiger partial charge in [0.25, 0.3) is 0 Å². The van der Waals surface area contributed by atoms with Crippen molar-refractivity contribution in [3.8, 4) is 0 Å². The van der Waals surface area contributed by atoms with Crippen LogP contribution >= 0.6 is 11.3 Å². The first-order valence-corrected chi connectivity index (χ1v) is 7.58. The summed E-state index contributed by atoms with van der Waals surface area (Å²) < 4.78 is 11.1. The van der Waals surface area contributed by atoms with Crippen LogP contribution in [0.4, 0.5) is 0 Å². The highest BCUT2D eigenvalue weighted by atomic mass is 32.1. The van der Waals surface area contributed by atoms with E-state index in [1.54, 1.807) is 0 Å². The first kappa shape index (κ1) is 15.6. The molecule has 4 heteroatoms. The van der Waals surface area contributed by atoms with Crippen molar-refractivity contribution in [1.29, 1.82) is 0 Å². The SMILES string of the molecule is CCOC(CCN(C)CCc1cccs1)OCC. The Morgan fingerprint density at radius 1 is 1.22 bits per heavy atom. The lowest BCUT2D eigenvalue weighted by atomic mass is 10.3. The van der Waals surface area contributed by atoms with E-state index in [2.05, 4.69) is 29.5 Å². The third kappa shape index (κ3) is 6.50. The highest BCUT2D eigenvalue weighted by Crippen LogP contribution is 2.10. The van der Waals surface area contributed by atoms with E-state index in [0.717, 1.165) is 25.9 Å². The van der Waals surface area contributed by atoms with Crippen molar-refractivity contribution in [2.75, 3.05) is 33.4 Å². The summed E-state index contributed by atoms with van der Waals surface area (Å²) in [5.74, 6) is 0. The van der Waals surface area contributed by atoms with Gasteiger partial charge in [-0.3, -0.25) is 0 Å². The molecule has 0 unspecified atom stereocenters. The van der Waals surface area contributed by atoms with E-state index in [1.165, 1.54) is 4.88 Å². The molecule has 3 nitrogen and oxygen atoms in total. The van der Waals surface area contributed by atoms with Gasteiger partial charge in [0.1, 0.15) is 0 Å². The highest BCUT2D eigenvalue weighted by Gasteiger charge is 2.09. The van der Waals surface area contributed by atoms with Gasteiger partial charge in [0, 0.05) is 37.6 Å². The number of rotatable bonds is 10. The Bertz CT molecular complexity index is 284. The third-order valence-corrected chi connectivity index (χ3v) is 3.71. The van der Waals surface area contributed by atoms with Gasteiger partial charge in [0.05, 0.1) is 0 Å². The van der Waals surface area contributed by atoms with Crippen LogP contribution in [-0.2, 0) is 15.9 Å². The van der Waals surface area contributed by atoms with Gasteiger partial charge in [-0.25, -0.2) is 0 Å². The van der Waals surface area contributed by atoms with Crippen LogP contribution in [0.5, 0.6) is 0 Å². The largest absolute Gasteiger partial charge is 0.353 e. The summed E-state index contributed by atoms with van der Waals surface area (Å²) >= 11 is 1.83. The fourth-order valence-electron chi connectivity index (χ4n) is 1.78. The molecule has 0 bridgehead atoms. The molecular formula is C14H25NO2S. The maximum Gasteiger partial charge on any atom is 0.158 e. The molecule has 0 saturated carbocycles. The molecule has 0 aromatic carbocycles. The number of hydrogen-bond acceptors (Lipinski definition) is 4. The average molecular weight is 271 g/mol. The lowest BCUT2D eigenvalue weighted by molar-refractivity contribution is -0.141. The molecule has 0 aliphatic carbocycles. The van der Waals surface area contributed by atoms with E-state index < -0.39 is 0 Å². The van der Waals surface area contributed by atoms with E-state index >= 15 is 0 Å². The minimum atomic E-state index is -0.0517. The number of hydrogen-bond donors (Lipinski definition) is 0. The van der Waals surface area contributed by atoms with E-state index in [4.69, 9.17) is 9.47 Å². The second kappa shape index (κ2) is 9.50. The first-order valence-electron chi connectivity index (χ1n) is 6.70. The second-order valence-corrected chi connectivity index (χ2v) is 5.29. The molecule has 1 aromatic heterocycles. The highest BCUT2D eigenvalue weighted by molar-refractivity contribution is 7.09. The molecule has 0 N–H and O–H groups in total. The molecule has 0 aliphatic rings. The molecule has 104 valence electrons. The van der Waals surface area contributed by atoms with Crippen LogP contribution in [0.3, 0.4) is 0 Å². The van der Waals surface area contributed by atoms with Gasteiger partial charge < -0.3 is 14.4 Å². The Morgan fingerprint density at radius 3 is 2.50 bits per heavy atom. The number of ether oxygens (including phenoxy) is 2. The molecule has 18 heavy (non-hydrogen) atoms. The van der Waals surface area contributed by atoms with Crippen LogP contribution in [0.25, 0.3) is 0 Å². The topological polar surface area (TPSA) is 21.7 Å². The lowest BCUT2D eigenvalue weighted by Gasteiger charge is -2.21. The van der Waals surface area contributed by atoms with Gasteiger partial charge in [0.15, 0.2) is 6.29 Å². The minimum absolute atomic E-state index is 0.0517. The Hall–Kier alpha value is -0.420. The van der Waals surface area contributed by atoms with Crippen molar-refractivity contribution in [2.24, 2.45) is 0 Å². The zero-order valence-electron chi connectivity index (χ0n) is 11.7. The summed E-state index contributed by atoms with van der Waals surface area (Å²) in [5.41, 5.74) is 0. The van der Waals surface area contributed by atoms with Crippen LogP contribution in [0.15, 0.2) is 17.5 Å². The number of nitrogens with zero attached hydrogens (tertiary/aromatic N) is 1. The summed E-state index contributed by atoms with van der Waals surface area (Å²) in [6, 6.07) is 4.31. The Balaban J connectivity index is 2.16. The second-order valence-electron chi connectivity index (χ2n) is 4.26. The molecule has 0 fully saturated rings. The van der Waals surface area contributed by atoms with Gasteiger partial charge in [-0.15, -0.1) is 11.3 Å². The zero-order chi connectivity index (χ0) is 13.2. The zero-order valence-corrected chi connectivity index (χ0v) is 12.5. The Labute approximate surface area is 115 Å². The van der Waals surface area contributed by atoms with Crippen molar-refractivity contribution >= 4 is 11.3 Å². The summed E-state index contributed by atoms with van der Waals surface area (Å²) in [5, 5.41) is 2.13. The average Bonchev–Trinajstić information content (AvgIpc) is 2.87. The molecule has 0 spiro atoms. The number of likely N-dealkylation sites (N-methyl/N-ethyl adjacent to an activating group) is 1. The summed E-state index contributed by atoms with van der Waals surface area (Å²) in [6.07, 6.45) is 2.01. The molecule has 0 aliphatic heterocycles. The minimum Gasteiger partial charge on any atom is -0.353 e. The van der Waals surface area contributed by atoms with Crippen molar-refractivity contribution in [3.05, 3.63) is 22.4 Å². The summed E-state index contributed by atoms with van der Waals surface area (Å²) in [4.78, 5) is 3.79. The summed E-state index contributed by atoms with van der Waals surface area (Å²) in [7, 11) is 2.16. The van der Waals surface area contributed by atoms with Crippen LogP contribution in [0.2, 0.25) is 0 Å². The van der Waals surface area contributed by atoms with Gasteiger partial charge in [-0.1, -0.05) is 6.07 Å². The smallest absolute Gasteiger partial charge is 0.158 e. The van der Waals surface area contributed by atoms with Crippen LogP contribution in [-0.4, -0.2) is 44.5 Å². The molecule has 0 saturated heterocycles. The standard InChI is InChI=1S/C14H25NO2S/c1-4-16-14(17-5-2)9-11-15(3)10-8-13-7-6-12-18-13/h6-7,12,14H,4-5,8-11H2,1-3H3. The van der Waals surface area contributed by atoms with Gasteiger partial charge in [-0.2, -0.15) is 0 Å². The summed E-state index contributed by atoms with van der Waals surface area (Å²) in [6.45, 7) is 7.54.